The van der Waals surface area contributed by atoms with Gasteiger partial charge in [0.05, 0.1) is 18.9 Å². The first-order chi connectivity index (χ1) is 10.1. The van der Waals surface area contributed by atoms with Gasteiger partial charge in [-0.05, 0) is 18.2 Å². The molecule has 1 aliphatic rings. The maximum absolute atomic E-state index is 11.9. The molecule has 0 amide bonds. The first-order valence-electron chi connectivity index (χ1n) is 7.44. The van der Waals surface area contributed by atoms with E-state index in [1.807, 2.05) is 13.8 Å². The number of carbonyl (C=O) groups is 1. The van der Waals surface area contributed by atoms with Gasteiger partial charge in [-0.1, -0.05) is 13.8 Å². The molecule has 1 heterocycles. The molecule has 5 nitrogen and oxygen atoms in total. The van der Waals surface area contributed by atoms with E-state index in [9.17, 15) is 4.79 Å². The van der Waals surface area contributed by atoms with Crippen LogP contribution in [0.1, 0.15) is 24.2 Å². The number of nitrogens with two attached hydrogens (primary N) is 1. The van der Waals surface area contributed by atoms with Crippen LogP contribution in [0.15, 0.2) is 18.2 Å². The molecular weight excluding hydrogens is 268 g/mol. The zero-order chi connectivity index (χ0) is 15.2. The lowest BCUT2D eigenvalue weighted by atomic mass is 10.0. The summed E-state index contributed by atoms with van der Waals surface area (Å²) in [4.78, 5) is 14.2. The Morgan fingerprint density at radius 2 is 2.10 bits per heavy atom. The number of benzene rings is 1. The Kier molecular flexibility index (Phi) is 5.59. The highest BCUT2D eigenvalue weighted by atomic mass is 16.5. The van der Waals surface area contributed by atoms with E-state index in [2.05, 4.69) is 4.90 Å². The molecule has 1 aromatic carbocycles. The second kappa shape index (κ2) is 7.43. The van der Waals surface area contributed by atoms with Gasteiger partial charge in [0, 0.05) is 31.1 Å². The summed E-state index contributed by atoms with van der Waals surface area (Å²) in [5, 5.41) is 0. The molecule has 0 unspecified atom stereocenters. The molecule has 1 aliphatic heterocycles. The highest BCUT2D eigenvalue weighted by Crippen LogP contribution is 2.24. The standard InChI is InChI=1S/C16H24N2O3/c1-12(2)16(19)13-3-4-15(14(17)11-13)21-10-7-18-5-8-20-9-6-18/h3-4,11-12H,5-10,17H2,1-2H3. The number of anilines is 1. The number of hydrogen-bond acceptors (Lipinski definition) is 5. The molecule has 2 N–H and O–H groups in total. The van der Waals surface area contributed by atoms with E-state index >= 15 is 0 Å². The van der Waals surface area contributed by atoms with Crippen molar-refractivity contribution < 1.29 is 14.3 Å². The summed E-state index contributed by atoms with van der Waals surface area (Å²) in [6, 6.07) is 5.26. The summed E-state index contributed by atoms with van der Waals surface area (Å²) in [6.45, 7) is 8.66. The monoisotopic (exact) mass is 292 g/mol. The van der Waals surface area contributed by atoms with Crippen LogP contribution in [0.2, 0.25) is 0 Å². The number of ketones is 1. The highest BCUT2D eigenvalue weighted by molar-refractivity contribution is 5.98. The van der Waals surface area contributed by atoms with Crippen LogP contribution < -0.4 is 10.5 Å². The molecule has 116 valence electrons. The van der Waals surface area contributed by atoms with Gasteiger partial charge >= 0.3 is 0 Å². The molecular formula is C16H24N2O3. The normalized spacial score (nSPS) is 16.1. The van der Waals surface area contributed by atoms with E-state index in [0.29, 0.717) is 23.6 Å². The van der Waals surface area contributed by atoms with E-state index in [-0.39, 0.29) is 11.7 Å². The van der Waals surface area contributed by atoms with Crippen LogP contribution in [-0.4, -0.2) is 50.1 Å². The minimum absolute atomic E-state index is 0.0301. The molecule has 0 saturated carbocycles. The third-order valence-corrected chi connectivity index (χ3v) is 3.59. The fourth-order valence-corrected chi connectivity index (χ4v) is 2.28. The number of Topliss-reactive ketones (excluding diaryl/α,β-unsaturated/α-hetero) is 1. The number of carbonyl (C=O) groups excluding carboxylic acids is 1. The molecule has 1 fully saturated rings. The van der Waals surface area contributed by atoms with Crippen LogP contribution >= 0.6 is 0 Å². The van der Waals surface area contributed by atoms with Crippen molar-refractivity contribution in [3.8, 4) is 5.75 Å². The van der Waals surface area contributed by atoms with Crippen LogP contribution in [0.25, 0.3) is 0 Å². The molecule has 1 saturated heterocycles. The van der Waals surface area contributed by atoms with Crippen molar-refractivity contribution in [1.82, 2.24) is 4.90 Å². The molecule has 2 rings (SSSR count). The molecule has 0 aromatic heterocycles. The molecule has 0 radical (unpaired) electrons. The summed E-state index contributed by atoms with van der Waals surface area (Å²) < 4.78 is 11.0. The predicted octanol–water partition coefficient (Wildman–Crippen LogP) is 1.82. The Morgan fingerprint density at radius 1 is 1.38 bits per heavy atom. The molecule has 1 aromatic rings. The Bertz CT molecular complexity index is 482. The Morgan fingerprint density at radius 3 is 2.71 bits per heavy atom. The van der Waals surface area contributed by atoms with Gasteiger partial charge in [-0.25, -0.2) is 0 Å². The third-order valence-electron chi connectivity index (χ3n) is 3.59. The summed E-state index contributed by atoms with van der Waals surface area (Å²) in [6.07, 6.45) is 0. The van der Waals surface area contributed by atoms with Crippen molar-refractivity contribution in [2.75, 3.05) is 45.2 Å². The first kappa shape index (κ1) is 15.8. The number of hydrogen-bond donors (Lipinski definition) is 1. The second-order valence-electron chi connectivity index (χ2n) is 5.57. The maximum Gasteiger partial charge on any atom is 0.165 e. The van der Waals surface area contributed by atoms with Gasteiger partial charge in [-0.15, -0.1) is 0 Å². The van der Waals surface area contributed by atoms with Crippen molar-refractivity contribution >= 4 is 11.5 Å². The van der Waals surface area contributed by atoms with Crippen molar-refractivity contribution in [1.29, 1.82) is 0 Å². The first-order valence-corrected chi connectivity index (χ1v) is 7.44. The van der Waals surface area contributed by atoms with E-state index in [1.54, 1.807) is 18.2 Å². The van der Waals surface area contributed by atoms with Crippen molar-refractivity contribution in [2.45, 2.75) is 13.8 Å². The topological polar surface area (TPSA) is 64.8 Å². The van der Waals surface area contributed by atoms with Gasteiger partial charge in [0.25, 0.3) is 0 Å². The minimum Gasteiger partial charge on any atom is -0.490 e. The molecule has 0 atom stereocenters. The Hall–Kier alpha value is -1.59. The van der Waals surface area contributed by atoms with Crippen molar-refractivity contribution in [2.24, 2.45) is 5.92 Å². The largest absolute Gasteiger partial charge is 0.490 e. The molecule has 5 heteroatoms. The van der Waals surface area contributed by atoms with Crippen LogP contribution in [-0.2, 0) is 4.74 Å². The SMILES string of the molecule is CC(C)C(=O)c1ccc(OCCN2CCOCC2)c(N)c1. The lowest BCUT2D eigenvalue weighted by Crippen LogP contribution is -2.38. The quantitative estimate of drug-likeness (QED) is 0.640. The van der Waals surface area contributed by atoms with Crippen LogP contribution in [0.3, 0.4) is 0 Å². The summed E-state index contributed by atoms with van der Waals surface area (Å²) in [5.41, 5.74) is 7.13. The summed E-state index contributed by atoms with van der Waals surface area (Å²) in [7, 11) is 0. The maximum atomic E-state index is 11.9. The predicted molar refractivity (Wildman–Crippen MR) is 82.8 cm³/mol. The molecule has 0 bridgehead atoms. The zero-order valence-corrected chi connectivity index (χ0v) is 12.8. The van der Waals surface area contributed by atoms with E-state index in [1.165, 1.54) is 0 Å². The zero-order valence-electron chi connectivity index (χ0n) is 12.8. The van der Waals surface area contributed by atoms with E-state index in [0.717, 1.165) is 32.8 Å². The fourth-order valence-electron chi connectivity index (χ4n) is 2.28. The van der Waals surface area contributed by atoms with Crippen molar-refractivity contribution in [3.63, 3.8) is 0 Å². The number of nitrogen functional groups attached to an aromatic ring is 1. The Balaban J connectivity index is 1.87. The van der Waals surface area contributed by atoms with Gasteiger partial charge in [-0.2, -0.15) is 0 Å². The van der Waals surface area contributed by atoms with Gasteiger partial charge in [0.15, 0.2) is 5.78 Å². The lowest BCUT2D eigenvalue weighted by Gasteiger charge is -2.26. The van der Waals surface area contributed by atoms with Gasteiger partial charge in [-0.3, -0.25) is 9.69 Å². The number of morpholine rings is 1. The molecule has 0 aliphatic carbocycles. The van der Waals surface area contributed by atoms with Crippen LogP contribution in [0.5, 0.6) is 5.75 Å². The third kappa shape index (κ3) is 4.44. The van der Waals surface area contributed by atoms with Crippen LogP contribution in [0.4, 0.5) is 5.69 Å². The fraction of sp³-hybridized carbons (Fsp3) is 0.562. The Labute approximate surface area is 126 Å². The number of ether oxygens (including phenoxy) is 2. The second-order valence-corrected chi connectivity index (χ2v) is 5.57. The van der Waals surface area contributed by atoms with Gasteiger partial charge < -0.3 is 15.2 Å². The summed E-state index contributed by atoms with van der Waals surface area (Å²) >= 11 is 0. The van der Waals surface area contributed by atoms with E-state index < -0.39 is 0 Å². The van der Waals surface area contributed by atoms with Gasteiger partial charge in [0.1, 0.15) is 12.4 Å². The average Bonchev–Trinajstić information content (AvgIpc) is 2.49. The molecule has 21 heavy (non-hydrogen) atoms. The molecule has 0 spiro atoms. The number of nitrogens with zero attached hydrogens (tertiary/aromatic N) is 1. The lowest BCUT2D eigenvalue weighted by molar-refractivity contribution is 0.0323. The van der Waals surface area contributed by atoms with Crippen molar-refractivity contribution in [3.05, 3.63) is 23.8 Å². The van der Waals surface area contributed by atoms with Gasteiger partial charge in [0.2, 0.25) is 0 Å². The van der Waals surface area contributed by atoms with Crippen LogP contribution in [0, 0.1) is 5.92 Å². The van der Waals surface area contributed by atoms with E-state index in [4.69, 9.17) is 15.2 Å². The highest BCUT2D eigenvalue weighted by Gasteiger charge is 2.13. The minimum atomic E-state index is -0.0301. The number of rotatable bonds is 6. The smallest absolute Gasteiger partial charge is 0.165 e. The average molecular weight is 292 g/mol. The summed E-state index contributed by atoms with van der Waals surface area (Å²) in [5.74, 6) is 0.711.